The Morgan fingerprint density at radius 2 is 1.74 bits per heavy atom. The first kappa shape index (κ1) is 22.2. The highest BCUT2D eigenvalue weighted by Crippen LogP contribution is 2.72. The van der Waals surface area contributed by atoms with E-state index >= 15 is 0 Å². The van der Waals surface area contributed by atoms with Crippen LogP contribution in [0.15, 0.2) is 23.3 Å². The first-order chi connectivity index (χ1) is 14.5. The standard InChI is InChI=1S/C28H44O3/c1-16(2)17(3)7-8-18(4)20-9-10-21-23-22(12-13-26(20,21)5)27(6)14-11-19(29)15-28(27)25(31-28)24(23)30/h7-8,16-21,24-25,29-30H,9-15H2,1-6H3/b8-7+/t17-,18-,19+,20-,21+,24+,25+,26-,27-,28+/m1/s1. The van der Waals surface area contributed by atoms with Crippen LogP contribution in [0.5, 0.6) is 0 Å². The number of ether oxygens (including phenoxy) is 1. The quantitative estimate of drug-likeness (QED) is 0.449. The van der Waals surface area contributed by atoms with Gasteiger partial charge in [-0.3, -0.25) is 0 Å². The van der Waals surface area contributed by atoms with Crippen molar-refractivity contribution in [1.82, 2.24) is 0 Å². The van der Waals surface area contributed by atoms with Crippen LogP contribution in [0.1, 0.15) is 86.5 Å². The Kier molecular flexibility index (Phi) is 5.13. The van der Waals surface area contributed by atoms with Crippen molar-refractivity contribution in [2.24, 2.45) is 40.4 Å². The van der Waals surface area contributed by atoms with Gasteiger partial charge in [-0.2, -0.15) is 0 Å². The zero-order chi connectivity index (χ0) is 22.3. The summed E-state index contributed by atoms with van der Waals surface area (Å²) in [4.78, 5) is 0. The first-order valence-electron chi connectivity index (χ1n) is 13.0. The summed E-state index contributed by atoms with van der Waals surface area (Å²) in [7, 11) is 0. The molecule has 1 spiro atoms. The van der Waals surface area contributed by atoms with Gasteiger partial charge in [-0.25, -0.2) is 0 Å². The molecule has 4 aliphatic carbocycles. The molecule has 31 heavy (non-hydrogen) atoms. The summed E-state index contributed by atoms with van der Waals surface area (Å²) >= 11 is 0. The lowest BCUT2D eigenvalue weighted by Crippen LogP contribution is -2.55. The molecule has 2 saturated carbocycles. The molecule has 2 N–H and O–H groups in total. The predicted molar refractivity (Wildman–Crippen MR) is 124 cm³/mol. The molecule has 5 aliphatic rings. The van der Waals surface area contributed by atoms with Crippen LogP contribution < -0.4 is 0 Å². The third-order valence-corrected chi connectivity index (χ3v) is 10.9. The number of aliphatic hydroxyl groups excluding tert-OH is 2. The van der Waals surface area contributed by atoms with Crippen molar-refractivity contribution in [3.63, 3.8) is 0 Å². The van der Waals surface area contributed by atoms with E-state index in [9.17, 15) is 10.2 Å². The molecule has 0 aromatic rings. The van der Waals surface area contributed by atoms with E-state index in [2.05, 4.69) is 53.7 Å². The van der Waals surface area contributed by atoms with Gasteiger partial charge >= 0.3 is 0 Å². The number of hydrogen-bond acceptors (Lipinski definition) is 3. The average molecular weight is 429 g/mol. The smallest absolute Gasteiger partial charge is 0.118 e. The van der Waals surface area contributed by atoms with Gasteiger partial charge in [0.2, 0.25) is 0 Å². The lowest BCUT2D eigenvalue weighted by atomic mass is 9.50. The van der Waals surface area contributed by atoms with Gasteiger partial charge in [0.05, 0.1) is 6.10 Å². The Hall–Kier alpha value is -0.640. The van der Waals surface area contributed by atoms with Gasteiger partial charge in [-0.15, -0.1) is 0 Å². The molecule has 5 rings (SSSR count). The van der Waals surface area contributed by atoms with E-state index in [-0.39, 0.29) is 28.6 Å². The molecule has 0 amide bonds. The number of epoxide rings is 1. The van der Waals surface area contributed by atoms with Gasteiger partial charge < -0.3 is 14.9 Å². The van der Waals surface area contributed by atoms with Crippen LogP contribution >= 0.6 is 0 Å². The number of allylic oxidation sites excluding steroid dienone is 2. The molecule has 1 heterocycles. The molecule has 0 aromatic carbocycles. The number of aliphatic hydroxyl groups is 2. The number of fused-ring (bicyclic) bond motifs is 3. The summed E-state index contributed by atoms with van der Waals surface area (Å²) in [5.41, 5.74) is 2.84. The zero-order valence-corrected chi connectivity index (χ0v) is 20.5. The van der Waals surface area contributed by atoms with Crippen LogP contribution in [-0.4, -0.2) is 34.1 Å². The van der Waals surface area contributed by atoms with E-state index in [1.54, 1.807) is 0 Å². The molecule has 3 nitrogen and oxygen atoms in total. The molecule has 0 unspecified atom stereocenters. The van der Waals surface area contributed by atoms with E-state index in [1.807, 2.05) is 0 Å². The largest absolute Gasteiger partial charge is 0.393 e. The summed E-state index contributed by atoms with van der Waals surface area (Å²) in [5, 5.41) is 21.9. The van der Waals surface area contributed by atoms with E-state index in [1.165, 1.54) is 30.4 Å². The lowest BCUT2D eigenvalue weighted by Gasteiger charge is -2.54. The molecule has 1 aliphatic heterocycles. The van der Waals surface area contributed by atoms with Crippen molar-refractivity contribution in [3.05, 3.63) is 23.3 Å². The van der Waals surface area contributed by atoms with Crippen molar-refractivity contribution in [2.75, 3.05) is 0 Å². The molecule has 0 bridgehead atoms. The average Bonchev–Trinajstić information content (AvgIpc) is 3.34. The minimum absolute atomic E-state index is 0.00307. The fraction of sp³-hybridized carbons (Fsp3) is 0.857. The van der Waals surface area contributed by atoms with Gasteiger partial charge in [0.25, 0.3) is 0 Å². The molecule has 3 fully saturated rings. The van der Waals surface area contributed by atoms with Gasteiger partial charge in [0.1, 0.15) is 17.8 Å². The minimum atomic E-state index is -0.469. The maximum absolute atomic E-state index is 11.5. The fourth-order valence-corrected chi connectivity index (χ4v) is 8.47. The maximum atomic E-state index is 11.5. The monoisotopic (exact) mass is 428 g/mol. The molecule has 3 heteroatoms. The van der Waals surface area contributed by atoms with Crippen LogP contribution in [-0.2, 0) is 4.74 Å². The van der Waals surface area contributed by atoms with E-state index in [0.717, 1.165) is 19.3 Å². The number of hydrogen-bond donors (Lipinski definition) is 2. The predicted octanol–water partition coefficient (Wildman–Crippen LogP) is 5.66. The van der Waals surface area contributed by atoms with Gasteiger partial charge in [0, 0.05) is 11.8 Å². The highest BCUT2D eigenvalue weighted by Gasteiger charge is 2.76. The third-order valence-electron chi connectivity index (χ3n) is 10.9. The van der Waals surface area contributed by atoms with Crippen molar-refractivity contribution in [2.45, 2.75) is 110 Å². The summed E-state index contributed by atoms with van der Waals surface area (Å²) < 4.78 is 6.33. The SMILES string of the molecule is CC(C)[C@H](C)/C=C/[C@@H](C)[C@H]1CC[C@H]2C3=C(CC[C@]12C)[C@@]1(C)CC[C@H](O)C[C@@]12O[C@H]2[C@H]3O. The van der Waals surface area contributed by atoms with E-state index < -0.39 is 6.10 Å². The third kappa shape index (κ3) is 2.95. The van der Waals surface area contributed by atoms with Gasteiger partial charge in [0.15, 0.2) is 0 Å². The van der Waals surface area contributed by atoms with Crippen LogP contribution in [0.3, 0.4) is 0 Å². The molecule has 0 radical (unpaired) electrons. The summed E-state index contributed by atoms with van der Waals surface area (Å²) in [6.07, 6.45) is 11.4. The molecular weight excluding hydrogens is 384 g/mol. The Bertz CT molecular complexity index is 798. The van der Waals surface area contributed by atoms with E-state index in [0.29, 0.717) is 36.0 Å². The summed E-state index contributed by atoms with van der Waals surface area (Å²) in [6.45, 7) is 14.3. The van der Waals surface area contributed by atoms with Gasteiger partial charge in [-0.1, -0.05) is 59.3 Å². The number of rotatable bonds is 4. The van der Waals surface area contributed by atoms with Crippen molar-refractivity contribution in [3.8, 4) is 0 Å². The van der Waals surface area contributed by atoms with E-state index in [4.69, 9.17) is 4.74 Å². The maximum Gasteiger partial charge on any atom is 0.118 e. The Morgan fingerprint density at radius 3 is 2.45 bits per heavy atom. The second-order valence-electron chi connectivity index (χ2n) is 12.6. The summed E-state index contributed by atoms with van der Waals surface area (Å²) in [5.74, 6) is 3.05. The minimum Gasteiger partial charge on any atom is -0.393 e. The van der Waals surface area contributed by atoms with Crippen LogP contribution in [0.2, 0.25) is 0 Å². The lowest BCUT2D eigenvalue weighted by molar-refractivity contribution is -0.000636. The first-order valence-corrected chi connectivity index (χ1v) is 13.0. The Morgan fingerprint density at radius 1 is 1.00 bits per heavy atom. The normalized spacial score (nSPS) is 50.7. The Balaban J connectivity index is 1.45. The molecule has 174 valence electrons. The van der Waals surface area contributed by atoms with Crippen LogP contribution in [0, 0.1) is 40.4 Å². The van der Waals surface area contributed by atoms with Crippen molar-refractivity contribution >= 4 is 0 Å². The molecule has 10 atom stereocenters. The fourth-order valence-electron chi connectivity index (χ4n) is 8.47. The Labute approximate surface area is 189 Å². The molecular formula is C28H44O3. The van der Waals surface area contributed by atoms with Crippen LogP contribution in [0.4, 0.5) is 0 Å². The molecule has 1 saturated heterocycles. The summed E-state index contributed by atoms with van der Waals surface area (Å²) in [6, 6.07) is 0. The van der Waals surface area contributed by atoms with Crippen molar-refractivity contribution < 1.29 is 14.9 Å². The second-order valence-corrected chi connectivity index (χ2v) is 12.6. The zero-order valence-electron chi connectivity index (χ0n) is 20.5. The second kappa shape index (κ2) is 7.18. The van der Waals surface area contributed by atoms with Gasteiger partial charge in [-0.05, 0) is 79.1 Å². The highest BCUT2D eigenvalue weighted by atomic mass is 16.6. The molecule has 0 aromatic heterocycles. The highest BCUT2D eigenvalue weighted by molar-refractivity contribution is 5.45. The topological polar surface area (TPSA) is 53.0 Å². The van der Waals surface area contributed by atoms with Crippen molar-refractivity contribution in [1.29, 1.82) is 0 Å². The van der Waals surface area contributed by atoms with Crippen LogP contribution in [0.25, 0.3) is 0 Å².